The molecule has 0 radical (unpaired) electrons. The van der Waals surface area contributed by atoms with Crippen LogP contribution in [0.3, 0.4) is 0 Å². The summed E-state index contributed by atoms with van der Waals surface area (Å²) in [6, 6.07) is 6.83. The summed E-state index contributed by atoms with van der Waals surface area (Å²) in [5, 5.41) is 9.47. The summed E-state index contributed by atoms with van der Waals surface area (Å²) < 4.78 is 10.9. The Bertz CT molecular complexity index is 426. The Hall–Kier alpha value is -1.55. The van der Waals surface area contributed by atoms with Gasteiger partial charge in [0.2, 0.25) is 0 Å². The second-order valence-corrected chi connectivity index (χ2v) is 5.57. The molecule has 0 saturated heterocycles. The lowest BCUT2D eigenvalue weighted by atomic mass is 10.1. The van der Waals surface area contributed by atoms with Crippen molar-refractivity contribution >= 4 is 5.97 Å². The monoisotopic (exact) mass is 280 g/mol. The number of esters is 1. The molecule has 1 aromatic carbocycles. The molecule has 0 aliphatic rings. The second kappa shape index (κ2) is 7.90. The predicted octanol–water partition coefficient (Wildman–Crippen LogP) is 2.93. The molecule has 0 aliphatic heterocycles. The van der Waals surface area contributed by atoms with Crippen LogP contribution in [0, 0.1) is 5.92 Å². The van der Waals surface area contributed by atoms with E-state index in [0.29, 0.717) is 18.9 Å². The summed E-state index contributed by atoms with van der Waals surface area (Å²) in [6.45, 7) is 8.12. The van der Waals surface area contributed by atoms with Crippen molar-refractivity contribution in [3.05, 3.63) is 29.8 Å². The van der Waals surface area contributed by atoms with Gasteiger partial charge in [0.05, 0.1) is 12.7 Å². The molecule has 20 heavy (non-hydrogen) atoms. The zero-order valence-corrected chi connectivity index (χ0v) is 12.6. The average Bonchev–Trinajstić information content (AvgIpc) is 2.34. The smallest absolute Gasteiger partial charge is 0.335 e. The van der Waals surface area contributed by atoms with Crippen LogP contribution in [0.25, 0.3) is 0 Å². The van der Waals surface area contributed by atoms with Crippen LogP contribution in [0.15, 0.2) is 24.3 Å². The van der Waals surface area contributed by atoms with Gasteiger partial charge in [-0.1, -0.05) is 26.0 Å². The van der Waals surface area contributed by atoms with Gasteiger partial charge in [-0.3, -0.25) is 0 Å². The van der Waals surface area contributed by atoms with Gasteiger partial charge in [0, 0.05) is 6.42 Å². The fraction of sp³-hybridized carbons (Fsp3) is 0.562. The van der Waals surface area contributed by atoms with Gasteiger partial charge in [0.25, 0.3) is 0 Å². The molecular weight excluding hydrogens is 256 g/mol. The van der Waals surface area contributed by atoms with E-state index in [1.54, 1.807) is 18.2 Å². The van der Waals surface area contributed by atoms with Gasteiger partial charge in [-0.25, -0.2) is 4.79 Å². The Morgan fingerprint density at radius 1 is 1.25 bits per heavy atom. The minimum atomic E-state index is -0.643. The number of hydrogen-bond donors (Lipinski definition) is 1. The van der Waals surface area contributed by atoms with Gasteiger partial charge in [-0.2, -0.15) is 0 Å². The van der Waals surface area contributed by atoms with E-state index in [0.717, 1.165) is 5.56 Å². The first-order chi connectivity index (χ1) is 9.38. The van der Waals surface area contributed by atoms with Crippen LogP contribution in [0.1, 0.15) is 33.3 Å². The van der Waals surface area contributed by atoms with Crippen LogP contribution in [0.2, 0.25) is 0 Å². The minimum absolute atomic E-state index is 0.0658. The Morgan fingerprint density at radius 2 is 1.95 bits per heavy atom. The molecule has 0 aromatic heterocycles. The summed E-state index contributed by atoms with van der Waals surface area (Å²) in [4.78, 5) is 12.1. The van der Waals surface area contributed by atoms with E-state index in [-0.39, 0.29) is 17.8 Å². The maximum absolute atomic E-state index is 12.1. The fourth-order valence-corrected chi connectivity index (χ4v) is 1.75. The van der Waals surface area contributed by atoms with Crippen molar-refractivity contribution in [2.24, 2.45) is 5.92 Å². The lowest BCUT2D eigenvalue weighted by Gasteiger charge is -2.20. The van der Waals surface area contributed by atoms with Crippen LogP contribution in [0.4, 0.5) is 0 Å². The van der Waals surface area contributed by atoms with Crippen LogP contribution in [0.5, 0.6) is 5.75 Å². The van der Waals surface area contributed by atoms with Gasteiger partial charge >= 0.3 is 5.97 Å². The highest BCUT2D eigenvalue weighted by atomic mass is 16.6. The van der Waals surface area contributed by atoms with Crippen LogP contribution in [-0.2, 0) is 20.7 Å². The maximum Gasteiger partial charge on any atom is 0.335 e. The third kappa shape index (κ3) is 6.06. The maximum atomic E-state index is 12.1. The number of hydrogen-bond acceptors (Lipinski definition) is 4. The topological polar surface area (TPSA) is 55.8 Å². The number of phenolic OH excluding ortho intramolecular Hbond substituents is 1. The standard InChI is InChI=1S/C16H24O4/c1-11(2)10-19-16(18)15(20-12(3)4)9-13-6-5-7-14(17)8-13/h5-8,11-12,15,17H,9-10H2,1-4H3. The van der Waals surface area contributed by atoms with E-state index < -0.39 is 6.10 Å². The molecule has 0 bridgehead atoms. The van der Waals surface area contributed by atoms with E-state index in [1.807, 2.05) is 33.8 Å². The average molecular weight is 280 g/mol. The molecule has 1 rings (SSSR count). The Morgan fingerprint density at radius 3 is 2.50 bits per heavy atom. The number of aromatic hydroxyl groups is 1. The van der Waals surface area contributed by atoms with E-state index in [2.05, 4.69) is 0 Å². The molecule has 1 unspecified atom stereocenters. The summed E-state index contributed by atoms with van der Waals surface area (Å²) >= 11 is 0. The lowest BCUT2D eigenvalue weighted by Crippen LogP contribution is -2.32. The molecule has 1 atom stereocenters. The summed E-state index contributed by atoms with van der Waals surface area (Å²) in [5.74, 6) is 0.122. The minimum Gasteiger partial charge on any atom is -0.508 e. The Balaban J connectivity index is 2.70. The third-order valence-electron chi connectivity index (χ3n) is 2.59. The molecule has 0 saturated carbocycles. The molecule has 0 fully saturated rings. The molecule has 1 aromatic rings. The largest absolute Gasteiger partial charge is 0.508 e. The van der Waals surface area contributed by atoms with Gasteiger partial charge in [-0.05, 0) is 37.5 Å². The zero-order valence-electron chi connectivity index (χ0n) is 12.6. The molecule has 4 heteroatoms. The SMILES string of the molecule is CC(C)COC(=O)C(Cc1cccc(O)c1)OC(C)C. The second-order valence-electron chi connectivity index (χ2n) is 5.57. The van der Waals surface area contributed by atoms with Crippen LogP contribution >= 0.6 is 0 Å². The molecule has 0 aliphatic carbocycles. The molecule has 0 heterocycles. The Kier molecular flexibility index (Phi) is 6.52. The number of rotatable bonds is 7. The predicted molar refractivity (Wildman–Crippen MR) is 77.6 cm³/mol. The quantitative estimate of drug-likeness (QED) is 0.780. The first kappa shape index (κ1) is 16.5. The van der Waals surface area contributed by atoms with E-state index >= 15 is 0 Å². The fourth-order valence-electron chi connectivity index (χ4n) is 1.75. The molecule has 4 nitrogen and oxygen atoms in total. The van der Waals surface area contributed by atoms with Gasteiger partial charge in [0.15, 0.2) is 6.10 Å². The molecule has 1 N–H and O–H groups in total. The van der Waals surface area contributed by atoms with Gasteiger partial charge in [-0.15, -0.1) is 0 Å². The van der Waals surface area contributed by atoms with E-state index in [4.69, 9.17) is 9.47 Å². The molecule has 0 spiro atoms. The number of benzene rings is 1. The van der Waals surface area contributed by atoms with Crippen LogP contribution in [-0.4, -0.2) is 29.9 Å². The summed E-state index contributed by atoms with van der Waals surface area (Å²) in [6.07, 6.45) is -0.316. The zero-order chi connectivity index (χ0) is 15.1. The number of phenols is 1. The normalized spacial score (nSPS) is 12.7. The first-order valence-corrected chi connectivity index (χ1v) is 6.98. The number of carbonyl (C=O) groups is 1. The summed E-state index contributed by atoms with van der Waals surface area (Å²) in [7, 11) is 0. The number of carbonyl (C=O) groups excluding carboxylic acids is 1. The van der Waals surface area contributed by atoms with E-state index in [1.165, 1.54) is 0 Å². The molecule has 112 valence electrons. The highest BCUT2D eigenvalue weighted by molar-refractivity contribution is 5.75. The van der Waals surface area contributed by atoms with E-state index in [9.17, 15) is 9.90 Å². The van der Waals surface area contributed by atoms with Crippen molar-refractivity contribution in [2.45, 2.75) is 46.3 Å². The highest BCUT2D eigenvalue weighted by Gasteiger charge is 2.23. The Labute approximate surface area is 120 Å². The van der Waals surface area contributed by atoms with Gasteiger partial charge < -0.3 is 14.6 Å². The first-order valence-electron chi connectivity index (χ1n) is 6.98. The third-order valence-corrected chi connectivity index (χ3v) is 2.59. The molecular formula is C16H24O4. The van der Waals surface area contributed by atoms with Gasteiger partial charge in [0.1, 0.15) is 5.75 Å². The van der Waals surface area contributed by atoms with Crippen molar-refractivity contribution in [3.63, 3.8) is 0 Å². The van der Waals surface area contributed by atoms with Crippen LogP contribution < -0.4 is 0 Å². The molecule has 0 amide bonds. The van der Waals surface area contributed by atoms with Crippen molar-refractivity contribution in [2.75, 3.05) is 6.61 Å². The highest BCUT2D eigenvalue weighted by Crippen LogP contribution is 2.15. The van der Waals surface area contributed by atoms with Crippen molar-refractivity contribution < 1.29 is 19.4 Å². The van der Waals surface area contributed by atoms with Crippen molar-refractivity contribution in [1.29, 1.82) is 0 Å². The summed E-state index contributed by atoms with van der Waals surface area (Å²) in [5.41, 5.74) is 0.845. The number of ether oxygens (including phenoxy) is 2. The van der Waals surface area contributed by atoms with Crippen molar-refractivity contribution in [3.8, 4) is 5.75 Å². The lowest BCUT2D eigenvalue weighted by molar-refractivity contribution is -0.161. The van der Waals surface area contributed by atoms with Crippen molar-refractivity contribution in [1.82, 2.24) is 0 Å².